The maximum atomic E-state index is 11.9. The van der Waals surface area contributed by atoms with Crippen LogP contribution in [-0.4, -0.2) is 38.7 Å². The monoisotopic (exact) mass is 250 g/mol. The summed E-state index contributed by atoms with van der Waals surface area (Å²) in [5.41, 5.74) is 0. The number of carbonyl (C=O) groups excluding carboxylic acids is 1. The van der Waals surface area contributed by atoms with E-state index in [-0.39, 0.29) is 5.91 Å². The van der Waals surface area contributed by atoms with E-state index in [2.05, 4.69) is 23.9 Å². The standard InChI is InChI=1S/C13H22N4O/c1-5-9(2)6-13(18)16-7-12(8-16)17-11(4)14-10(3)15-17/h9,12H,5-8H2,1-4H3. The van der Waals surface area contributed by atoms with Crippen molar-refractivity contribution in [3.63, 3.8) is 0 Å². The fourth-order valence-corrected chi connectivity index (χ4v) is 2.27. The van der Waals surface area contributed by atoms with Gasteiger partial charge in [0, 0.05) is 19.5 Å². The summed E-state index contributed by atoms with van der Waals surface area (Å²) in [4.78, 5) is 18.2. The molecule has 1 aliphatic heterocycles. The van der Waals surface area contributed by atoms with Gasteiger partial charge in [0.2, 0.25) is 5.91 Å². The molecule has 0 aliphatic carbocycles. The van der Waals surface area contributed by atoms with Crippen molar-refractivity contribution in [2.45, 2.75) is 46.6 Å². The molecule has 1 unspecified atom stereocenters. The zero-order valence-corrected chi connectivity index (χ0v) is 11.7. The third-order valence-corrected chi connectivity index (χ3v) is 3.69. The lowest BCUT2D eigenvalue weighted by molar-refractivity contribution is -0.138. The van der Waals surface area contributed by atoms with Crippen molar-refractivity contribution in [1.82, 2.24) is 19.7 Å². The summed E-state index contributed by atoms with van der Waals surface area (Å²) in [6.45, 7) is 9.66. The Kier molecular flexibility index (Phi) is 3.68. The van der Waals surface area contributed by atoms with E-state index < -0.39 is 0 Å². The maximum Gasteiger partial charge on any atom is 0.222 e. The summed E-state index contributed by atoms with van der Waals surface area (Å²) < 4.78 is 1.95. The molecule has 5 heteroatoms. The molecule has 1 aromatic rings. The van der Waals surface area contributed by atoms with Crippen LogP contribution >= 0.6 is 0 Å². The Labute approximate surface area is 108 Å². The summed E-state index contributed by atoms with van der Waals surface area (Å²) in [5, 5.41) is 4.37. The second-order valence-corrected chi connectivity index (χ2v) is 5.32. The molecule has 18 heavy (non-hydrogen) atoms. The number of nitrogens with zero attached hydrogens (tertiary/aromatic N) is 4. The number of aromatic nitrogens is 3. The fraction of sp³-hybridized carbons (Fsp3) is 0.769. The van der Waals surface area contributed by atoms with Gasteiger partial charge in [-0.3, -0.25) is 4.79 Å². The van der Waals surface area contributed by atoms with Crippen molar-refractivity contribution < 1.29 is 4.79 Å². The maximum absolute atomic E-state index is 11.9. The van der Waals surface area contributed by atoms with Gasteiger partial charge in [0.25, 0.3) is 0 Å². The van der Waals surface area contributed by atoms with E-state index in [1.807, 2.05) is 23.4 Å². The molecule has 0 radical (unpaired) electrons. The van der Waals surface area contributed by atoms with Gasteiger partial charge < -0.3 is 4.90 Å². The summed E-state index contributed by atoms with van der Waals surface area (Å²) in [6.07, 6.45) is 1.73. The number of hydrogen-bond donors (Lipinski definition) is 0. The Bertz CT molecular complexity index is 434. The van der Waals surface area contributed by atoms with E-state index in [1.54, 1.807) is 0 Å². The number of carbonyl (C=O) groups is 1. The summed E-state index contributed by atoms with van der Waals surface area (Å²) >= 11 is 0. The van der Waals surface area contributed by atoms with Crippen LogP contribution in [0.25, 0.3) is 0 Å². The fourth-order valence-electron chi connectivity index (χ4n) is 2.27. The highest BCUT2D eigenvalue weighted by Gasteiger charge is 2.33. The van der Waals surface area contributed by atoms with Crippen molar-refractivity contribution in [3.05, 3.63) is 11.6 Å². The molecule has 0 aromatic carbocycles. The third kappa shape index (κ3) is 2.54. The topological polar surface area (TPSA) is 51.0 Å². The van der Waals surface area contributed by atoms with Gasteiger partial charge in [-0.15, -0.1) is 0 Å². The molecular formula is C13H22N4O. The number of likely N-dealkylation sites (tertiary alicyclic amines) is 1. The Morgan fingerprint density at radius 3 is 2.61 bits per heavy atom. The number of amides is 1. The lowest BCUT2D eigenvalue weighted by atomic mass is 10.0. The van der Waals surface area contributed by atoms with E-state index in [9.17, 15) is 4.79 Å². The first-order chi connectivity index (χ1) is 8.51. The minimum absolute atomic E-state index is 0.273. The van der Waals surface area contributed by atoms with Crippen molar-refractivity contribution in [2.24, 2.45) is 5.92 Å². The smallest absolute Gasteiger partial charge is 0.222 e. The molecule has 1 atom stereocenters. The molecule has 1 amide bonds. The van der Waals surface area contributed by atoms with E-state index in [4.69, 9.17) is 0 Å². The molecule has 0 bridgehead atoms. The largest absolute Gasteiger partial charge is 0.338 e. The van der Waals surface area contributed by atoms with Crippen LogP contribution in [0.15, 0.2) is 0 Å². The van der Waals surface area contributed by atoms with Gasteiger partial charge in [-0.1, -0.05) is 20.3 Å². The first-order valence-corrected chi connectivity index (χ1v) is 6.68. The molecule has 1 saturated heterocycles. The van der Waals surface area contributed by atoms with Crippen LogP contribution in [-0.2, 0) is 4.79 Å². The number of hydrogen-bond acceptors (Lipinski definition) is 3. The van der Waals surface area contributed by atoms with Gasteiger partial charge in [0.1, 0.15) is 11.6 Å². The summed E-state index contributed by atoms with van der Waals surface area (Å²) in [7, 11) is 0. The van der Waals surface area contributed by atoms with Crippen LogP contribution in [0.3, 0.4) is 0 Å². The lowest BCUT2D eigenvalue weighted by Gasteiger charge is -2.39. The SMILES string of the molecule is CCC(C)CC(=O)N1CC(n2nc(C)nc2C)C1. The first-order valence-electron chi connectivity index (χ1n) is 6.68. The van der Waals surface area contributed by atoms with E-state index in [0.717, 1.165) is 31.2 Å². The molecule has 0 spiro atoms. The summed E-state index contributed by atoms with van der Waals surface area (Å²) in [5.74, 6) is 2.49. The van der Waals surface area contributed by atoms with Crippen LogP contribution in [0.4, 0.5) is 0 Å². The second kappa shape index (κ2) is 5.08. The minimum atomic E-state index is 0.273. The van der Waals surface area contributed by atoms with Crippen LogP contribution < -0.4 is 0 Å². The van der Waals surface area contributed by atoms with Crippen LogP contribution in [0.5, 0.6) is 0 Å². The number of rotatable bonds is 4. The van der Waals surface area contributed by atoms with Gasteiger partial charge >= 0.3 is 0 Å². The molecule has 1 fully saturated rings. The molecule has 100 valence electrons. The van der Waals surface area contributed by atoms with Gasteiger partial charge in [0.15, 0.2) is 0 Å². The van der Waals surface area contributed by atoms with Gasteiger partial charge in [-0.05, 0) is 19.8 Å². The predicted octanol–water partition coefficient (Wildman–Crippen LogP) is 1.71. The van der Waals surface area contributed by atoms with E-state index in [0.29, 0.717) is 18.4 Å². The first kappa shape index (κ1) is 13.1. The van der Waals surface area contributed by atoms with Crippen molar-refractivity contribution in [1.29, 1.82) is 0 Å². The average molecular weight is 250 g/mol. The molecule has 2 heterocycles. The van der Waals surface area contributed by atoms with E-state index >= 15 is 0 Å². The van der Waals surface area contributed by atoms with Crippen LogP contribution in [0.2, 0.25) is 0 Å². The Morgan fingerprint density at radius 2 is 2.11 bits per heavy atom. The zero-order chi connectivity index (χ0) is 13.3. The lowest BCUT2D eigenvalue weighted by Crippen LogP contribution is -2.51. The van der Waals surface area contributed by atoms with Gasteiger partial charge in [0.05, 0.1) is 6.04 Å². The highest BCUT2D eigenvalue weighted by Crippen LogP contribution is 2.23. The highest BCUT2D eigenvalue weighted by molar-refractivity contribution is 5.77. The predicted molar refractivity (Wildman–Crippen MR) is 69.2 cm³/mol. The molecule has 0 N–H and O–H groups in total. The minimum Gasteiger partial charge on any atom is -0.338 e. The Morgan fingerprint density at radius 1 is 1.44 bits per heavy atom. The molecule has 0 saturated carbocycles. The van der Waals surface area contributed by atoms with Crippen molar-refractivity contribution >= 4 is 5.91 Å². The number of aryl methyl sites for hydroxylation is 2. The highest BCUT2D eigenvalue weighted by atomic mass is 16.2. The molecular weight excluding hydrogens is 228 g/mol. The Balaban J connectivity index is 1.87. The van der Waals surface area contributed by atoms with E-state index in [1.165, 1.54) is 0 Å². The normalized spacial score (nSPS) is 17.7. The zero-order valence-electron chi connectivity index (χ0n) is 11.7. The molecule has 1 aliphatic rings. The molecule has 5 nitrogen and oxygen atoms in total. The quantitative estimate of drug-likeness (QED) is 0.817. The summed E-state index contributed by atoms with van der Waals surface area (Å²) in [6, 6.07) is 0.312. The molecule has 2 rings (SSSR count). The Hall–Kier alpha value is -1.39. The van der Waals surface area contributed by atoms with Crippen molar-refractivity contribution in [2.75, 3.05) is 13.1 Å². The second-order valence-electron chi connectivity index (χ2n) is 5.32. The van der Waals surface area contributed by atoms with Crippen LogP contribution in [0.1, 0.15) is 44.4 Å². The van der Waals surface area contributed by atoms with Gasteiger partial charge in [-0.2, -0.15) is 5.10 Å². The molecule has 1 aromatic heterocycles. The van der Waals surface area contributed by atoms with Crippen molar-refractivity contribution in [3.8, 4) is 0 Å². The van der Waals surface area contributed by atoms with Crippen LogP contribution in [0, 0.1) is 19.8 Å². The van der Waals surface area contributed by atoms with Gasteiger partial charge in [-0.25, -0.2) is 9.67 Å². The average Bonchev–Trinajstić information content (AvgIpc) is 2.55. The third-order valence-electron chi connectivity index (χ3n) is 3.69.